The Morgan fingerprint density at radius 2 is 1.96 bits per heavy atom. The van der Waals surface area contributed by atoms with Crippen LogP contribution in [0.25, 0.3) is 0 Å². The maximum Gasteiger partial charge on any atom is 0.312 e. The Kier molecular flexibility index (Phi) is 4.67. The van der Waals surface area contributed by atoms with Crippen molar-refractivity contribution in [3.8, 4) is 0 Å². The van der Waals surface area contributed by atoms with E-state index in [9.17, 15) is 18.3 Å². The fraction of sp³-hybridized carbons (Fsp3) is 0.562. The summed E-state index contributed by atoms with van der Waals surface area (Å²) in [6.07, 6.45) is 3.18. The minimum absolute atomic E-state index is 0.0771. The molecule has 1 aromatic rings. The number of nitrogens with zero attached hydrogens (tertiary/aromatic N) is 2. The van der Waals surface area contributed by atoms with Crippen LogP contribution in [-0.4, -0.2) is 67.4 Å². The van der Waals surface area contributed by atoms with E-state index in [2.05, 4.69) is 29.2 Å². The van der Waals surface area contributed by atoms with E-state index in [0.29, 0.717) is 26.2 Å². The van der Waals surface area contributed by atoms with Gasteiger partial charge in [0.2, 0.25) is 10.0 Å². The first-order chi connectivity index (χ1) is 11.2. The van der Waals surface area contributed by atoms with Gasteiger partial charge in [0.15, 0.2) is 0 Å². The molecule has 8 heteroatoms. The number of carboxylic acids is 1. The second-order valence-corrected chi connectivity index (χ2v) is 9.59. The van der Waals surface area contributed by atoms with Gasteiger partial charge in [0, 0.05) is 43.5 Å². The summed E-state index contributed by atoms with van der Waals surface area (Å²) in [7, 11) is -3.35. The number of benzene rings is 1. The van der Waals surface area contributed by atoms with Crippen molar-refractivity contribution in [1.82, 2.24) is 9.21 Å². The Hall–Kier alpha value is -1.09. The van der Waals surface area contributed by atoms with Crippen LogP contribution in [0.2, 0.25) is 0 Å². The molecule has 6 nitrogen and oxygen atoms in total. The molecule has 0 saturated carbocycles. The minimum atomic E-state index is -3.35. The number of sulfonamides is 1. The maximum absolute atomic E-state index is 11.9. The summed E-state index contributed by atoms with van der Waals surface area (Å²) in [5.74, 6) is -1.05. The maximum atomic E-state index is 11.9. The van der Waals surface area contributed by atoms with Crippen LogP contribution < -0.4 is 0 Å². The van der Waals surface area contributed by atoms with Gasteiger partial charge >= 0.3 is 5.97 Å². The molecule has 0 radical (unpaired) electrons. The average molecular weight is 370 g/mol. The molecule has 2 aliphatic rings. The van der Waals surface area contributed by atoms with E-state index in [1.165, 1.54) is 9.20 Å². The van der Waals surface area contributed by atoms with Crippen molar-refractivity contribution >= 4 is 27.8 Å². The molecule has 0 aliphatic carbocycles. The lowest BCUT2D eigenvalue weighted by molar-refractivity contribution is -0.148. The zero-order valence-corrected chi connectivity index (χ0v) is 15.4. The monoisotopic (exact) mass is 370 g/mol. The van der Waals surface area contributed by atoms with Gasteiger partial charge in [-0.25, -0.2) is 12.7 Å². The highest BCUT2D eigenvalue weighted by Crippen LogP contribution is 2.44. The lowest BCUT2D eigenvalue weighted by atomic mass is 9.81. The third kappa shape index (κ3) is 3.20. The molecule has 2 atom stereocenters. The quantitative estimate of drug-likeness (QED) is 0.785. The second kappa shape index (κ2) is 6.33. The van der Waals surface area contributed by atoms with E-state index in [-0.39, 0.29) is 12.5 Å². The SMILES string of the molecule is CSc1ccc(CN2C[C@@H]3CN(S(C)(=O)=O)C[C@]3(C(=O)O)C2)cc1. The fourth-order valence-corrected chi connectivity index (χ4v) is 5.11. The third-order valence-electron chi connectivity index (χ3n) is 5.11. The summed E-state index contributed by atoms with van der Waals surface area (Å²) >= 11 is 1.69. The number of aliphatic carboxylic acids is 1. The van der Waals surface area contributed by atoms with Gasteiger partial charge in [0.25, 0.3) is 0 Å². The molecule has 1 N–H and O–H groups in total. The predicted molar refractivity (Wildman–Crippen MR) is 93.5 cm³/mol. The highest BCUT2D eigenvalue weighted by atomic mass is 32.2. The topological polar surface area (TPSA) is 77.9 Å². The van der Waals surface area contributed by atoms with Gasteiger partial charge in [0.05, 0.1) is 11.7 Å². The Morgan fingerprint density at radius 1 is 1.29 bits per heavy atom. The number of hydrogen-bond donors (Lipinski definition) is 1. The van der Waals surface area contributed by atoms with E-state index in [1.807, 2.05) is 6.26 Å². The van der Waals surface area contributed by atoms with Crippen molar-refractivity contribution in [3.63, 3.8) is 0 Å². The minimum Gasteiger partial charge on any atom is -0.481 e. The molecule has 132 valence electrons. The molecule has 24 heavy (non-hydrogen) atoms. The molecule has 2 aliphatic heterocycles. The van der Waals surface area contributed by atoms with E-state index >= 15 is 0 Å². The Morgan fingerprint density at radius 3 is 2.46 bits per heavy atom. The van der Waals surface area contributed by atoms with Gasteiger partial charge in [-0.2, -0.15) is 0 Å². The standard InChI is InChI=1S/C16H22N2O4S2/c1-23-14-5-3-12(4-6-14)7-17-8-13-9-18(24(2,21)22)11-16(13,10-17)15(19)20/h3-6,13H,7-11H2,1-2H3,(H,19,20)/t13-,16-/m1/s1. The molecule has 1 aromatic carbocycles. The van der Waals surface area contributed by atoms with Crippen molar-refractivity contribution in [2.75, 3.05) is 38.7 Å². The lowest BCUT2D eigenvalue weighted by Gasteiger charge is -2.24. The van der Waals surface area contributed by atoms with Gasteiger partial charge in [-0.05, 0) is 24.0 Å². The van der Waals surface area contributed by atoms with Crippen LogP contribution in [0, 0.1) is 11.3 Å². The fourth-order valence-electron chi connectivity index (χ4n) is 3.79. The molecule has 3 rings (SSSR count). The van der Waals surface area contributed by atoms with E-state index < -0.39 is 21.4 Å². The largest absolute Gasteiger partial charge is 0.481 e. The van der Waals surface area contributed by atoms with Crippen LogP contribution >= 0.6 is 11.8 Å². The molecule has 2 fully saturated rings. The number of rotatable bonds is 5. The van der Waals surface area contributed by atoms with Gasteiger partial charge in [-0.1, -0.05) is 12.1 Å². The van der Waals surface area contributed by atoms with Crippen LogP contribution in [0.15, 0.2) is 29.2 Å². The van der Waals surface area contributed by atoms with Gasteiger partial charge in [-0.15, -0.1) is 11.8 Å². The molecule has 2 heterocycles. The number of thioether (sulfide) groups is 1. The summed E-state index contributed by atoms with van der Waals surface area (Å²) in [6, 6.07) is 8.26. The molecule has 0 aromatic heterocycles. The number of carboxylic acid groups (broad SMARTS) is 1. The number of hydrogen-bond acceptors (Lipinski definition) is 5. The zero-order valence-electron chi connectivity index (χ0n) is 13.8. The first-order valence-corrected chi connectivity index (χ1v) is 10.9. The molecular weight excluding hydrogens is 348 g/mol. The molecule has 0 spiro atoms. The number of likely N-dealkylation sites (tertiary alicyclic amines) is 1. The smallest absolute Gasteiger partial charge is 0.312 e. The first-order valence-electron chi connectivity index (χ1n) is 7.78. The van der Waals surface area contributed by atoms with Gasteiger partial charge in [-0.3, -0.25) is 9.69 Å². The van der Waals surface area contributed by atoms with Crippen LogP contribution in [-0.2, 0) is 21.4 Å². The van der Waals surface area contributed by atoms with Crippen molar-refractivity contribution in [2.24, 2.45) is 11.3 Å². The van der Waals surface area contributed by atoms with Crippen LogP contribution in [0.1, 0.15) is 5.56 Å². The summed E-state index contributed by atoms with van der Waals surface area (Å²) in [6.45, 7) is 2.08. The van der Waals surface area contributed by atoms with Gasteiger partial charge in [0.1, 0.15) is 0 Å². The predicted octanol–water partition coefficient (Wildman–Crippen LogP) is 1.19. The average Bonchev–Trinajstić information content (AvgIpc) is 3.02. The molecule has 2 saturated heterocycles. The Balaban J connectivity index is 1.74. The number of fused-ring (bicyclic) bond motifs is 1. The van der Waals surface area contributed by atoms with Gasteiger partial charge < -0.3 is 5.11 Å². The third-order valence-corrected chi connectivity index (χ3v) is 7.07. The Bertz CT molecular complexity index is 735. The zero-order chi connectivity index (χ0) is 17.5. The lowest BCUT2D eigenvalue weighted by Crippen LogP contribution is -2.41. The van der Waals surface area contributed by atoms with E-state index in [1.54, 1.807) is 11.8 Å². The highest BCUT2D eigenvalue weighted by molar-refractivity contribution is 7.98. The second-order valence-electron chi connectivity index (χ2n) is 6.73. The van der Waals surface area contributed by atoms with Crippen molar-refractivity contribution in [3.05, 3.63) is 29.8 Å². The molecule has 0 unspecified atom stereocenters. The van der Waals surface area contributed by atoms with E-state index in [4.69, 9.17) is 0 Å². The van der Waals surface area contributed by atoms with Crippen LogP contribution in [0.4, 0.5) is 0 Å². The van der Waals surface area contributed by atoms with Crippen molar-refractivity contribution < 1.29 is 18.3 Å². The van der Waals surface area contributed by atoms with Crippen molar-refractivity contribution in [2.45, 2.75) is 11.4 Å². The molecule has 0 bridgehead atoms. The molecule has 0 amide bonds. The Labute approximate surface area is 146 Å². The molecular formula is C16H22N2O4S2. The van der Waals surface area contributed by atoms with Crippen LogP contribution in [0.5, 0.6) is 0 Å². The van der Waals surface area contributed by atoms with Crippen LogP contribution in [0.3, 0.4) is 0 Å². The number of carbonyl (C=O) groups is 1. The summed E-state index contributed by atoms with van der Waals surface area (Å²) in [4.78, 5) is 15.2. The summed E-state index contributed by atoms with van der Waals surface area (Å²) in [5, 5.41) is 9.76. The summed E-state index contributed by atoms with van der Waals surface area (Å²) in [5.41, 5.74) is 0.163. The van der Waals surface area contributed by atoms with Crippen molar-refractivity contribution in [1.29, 1.82) is 0 Å². The normalized spacial score (nSPS) is 28.2. The summed E-state index contributed by atoms with van der Waals surface area (Å²) < 4.78 is 24.9. The highest BCUT2D eigenvalue weighted by Gasteiger charge is 2.58. The first kappa shape index (κ1) is 17.7. The van der Waals surface area contributed by atoms with E-state index in [0.717, 1.165) is 11.8 Å².